The number of aromatic amines is 2. The fourth-order valence-corrected chi connectivity index (χ4v) is 6.96. The molecule has 250 valence electrons. The number of piperidine rings is 1. The van der Waals surface area contributed by atoms with Gasteiger partial charge in [0.15, 0.2) is 11.5 Å². The molecule has 0 unspecified atom stereocenters. The van der Waals surface area contributed by atoms with Crippen LogP contribution in [0.15, 0.2) is 67.1 Å². The lowest BCUT2D eigenvalue weighted by Gasteiger charge is -2.21. The second-order valence-corrected chi connectivity index (χ2v) is 13.0. The molecule has 11 nitrogen and oxygen atoms in total. The number of fused-ring (bicyclic) bond motifs is 2. The van der Waals surface area contributed by atoms with Gasteiger partial charge in [-0.25, -0.2) is 14.4 Å². The zero-order valence-electron chi connectivity index (χ0n) is 27.1. The van der Waals surface area contributed by atoms with Crippen LogP contribution in [0.5, 0.6) is 5.75 Å². The Bertz CT molecular complexity index is 2110. The highest BCUT2D eigenvalue weighted by atomic mass is 19.1. The molecule has 2 aliphatic rings. The highest BCUT2D eigenvalue weighted by molar-refractivity contribution is 5.98. The standard InChI is InChI=1S/C37H38FN9O2/c38-27-16-25(18-29(20-27)49-14-13-47-11-1-2-12-47)30-7-10-41-36-34(30)43-37(44-36)35-31-19-24(3-4-32(31)45-46-35)26-17-28(22-40-21-26)42-33(48)15-23-5-8-39-9-6-23/h3-4,7,10,16-23,39H,1-2,5-6,8-9,11-15H2,(H,42,48)(H,45,46)(H,41,43,44). The van der Waals surface area contributed by atoms with Crippen LogP contribution in [0.4, 0.5) is 10.1 Å². The minimum atomic E-state index is -0.371. The van der Waals surface area contributed by atoms with Gasteiger partial charge in [-0.05, 0) is 105 Å². The van der Waals surface area contributed by atoms with Gasteiger partial charge >= 0.3 is 0 Å². The SMILES string of the molecule is O=C(CC1CCNCC1)Nc1cncc(-c2ccc3[nH]nc(-c4nc5nccc(-c6cc(F)cc(OCCN7CCCC7)c6)c5[nH]4)c3c2)c1. The van der Waals surface area contributed by atoms with E-state index in [1.165, 1.54) is 25.0 Å². The summed E-state index contributed by atoms with van der Waals surface area (Å²) < 4.78 is 20.8. The average molecular weight is 660 g/mol. The first kappa shape index (κ1) is 31.1. The number of ether oxygens (including phenoxy) is 1. The van der Waals surface area contributed by atoms with E-state index in [9.17, 15) is 9.18 Å². The van der Waals surface area contributed by atoms with Crippen LogP contribution in [-0.2, 0) is 4.79 Å². The molecule has 0 radical (unpaired) electrons. The third kappa shape index (κ3) is 6.87. The van der Waals surface area contributed by atoms with E-state index in [1.807, 2.05) is 36.4 Å². The molecule has 12 heteroatoms. The molecule has 0 atom stereocenters. The summed E-state index contributed by atoms with van der Waals surface area (Å²) in [5.41, 5.74) is 6.53. The molecule has 0 saturated carbocycles. The summed E-state index contributed by atoms with van der Waals surface area (Å²) in [7, 11) is 0. The third-order valence-electron chi connectivity index (χ3n) is 9.52. The summed E-state index contributed by atoms with van der Waals surface area (Å²) >= 11 is 0. The van der Waals surface area contributed by atoms with Gasteiger partial charge < -0.3 is 20.4 Å². The smallest absolute Gasteiger partial charge is 0.224 e. The second kappa shape index (κ2) is 13.7. The second-order valence-electron chi connectivity index (χ2n) is 13.0. The molecule has 2 aromatic carbocycles. The monoisotopic (exact) mass is 659 g/mol. The van der Waals surface area contributed by atoms with Crippen molar-refractivity contribution in [2.24, 2.45) is 5.92 Å². The summed E-state index contributed by atoms with van der Waals surface area (Å²) in [6, 6.07) is 14.6. The van der Waals surface area contributed by atoms with Gasteiger partial charge in [0.05, 0.1) is 22.9 Å². The Hall–Kier alpha value is -5.20. The molecule has 6 aromatic rings. The van der Waals surface area contributed by atoms with E-state index in [1.54, 1.807) is 18.6 Å². The zero-order valence-corrected chi connectivity index (χ0v) is 27.1. The summed E-state index contributed by atoms with van der Waals surface area (Å²) in [6.07, 6.45) is 10.1. The van der Waals surface area contributed by atoms with Crippen LogP contribution in [0.2, 0.25) is 0 Å². The van der Waals surface area contributed by atoms with Gasteiger partial charge in [-0.1, -0.05) is 6.07 Å². The molecule has 0 spiro atoms. The predicted molar refractivity (Wildman–Crippen MR) is 188 cm³/mol. The molecule has 49 heavy (non-hydrogen) atoms. The number of aromatic nitrogens is 6. The Kier molecular flexibility index (Phi) is 8.71. The third-order valence-corrected chi connectivity index (χ3v) is 9.52. The fraction of sp³-hybridized carbons (Fsp3) is 0.324. The molecule has 4 aromatic heterocycles. The topological polar surface area (TPSA) is 137 Å². The van der Waals surface area contributed by atoms with E-state index in [4.69, 9.17) is 9.72 Å². The van der Waals surface area contributed by atoms with Gasteiger partial charge in [-0.3, -0.25) is 19.8 Å². The number of nitrogens with zero attached hydrogens (tertiary/aromatic N) is 5. The van der Waals surface area contributed by atoms with Crippen molar-refractivity contribution >= 4 is 33.7 Å². The summed E-state index contributed by atoms with van der Waals surface area (Å²) in [6.45, 7) is 5.42. The number of amides is 1. The normalized spacial score (nSPS) is 15.7. The Morgan fingerprint density at radius 1 is 1.00 bits per heavy atom. The number of pyridine rings is 2. The lowest BCUT2D eigenvalue weighted by molar-refractivity contribution is -0.117. The molecule has 2 aliphatic heterocycles. The number of H-pyrrole nitrogens is 2. The van der Waals surface area contributed by atoms with Crippen molar-refractivity contribution in [3.63, 3.8) is 0 Å². The lowest BCUT2D eigenvalue weighted by atomic mass is 9.94. The number of hydrogen-bond acceptors (Lipinski definition) is 8. The first-order valence-electron chi connectivity index (χ1n) is 17.0. The van der Waals surface area contributed by atoms with Gasteiger partial charge in [0.1, 0.15) is 23.9 Å². The molecule has 2 fully saturated rings. The highest BCUT2D eigenvalue weighted by Gasteiger charge is 2.19. The number of nitrogens with one attached hydrogen (secondary N) is 4. The number of likely N-dealkylation sites (tertiary alicyclic amines) is 1. The molecule has 1 amide bonds. The lowest BCUT2D eigenvalue weighted by Crippen LogP contribution is -2.30. The number of halogens is 1. The average Bonchev–Trinajstić information content (AvgIpc) is 3.88. The molecule has 2 saturated heterocycles. The summed E-state index contributed by atoms with van der Waals surface area (Å²) in [5, 5.41) is 14.9. The largest absolute Gasteiger partial charge is 0.492 e. The first-order valence-corrected chi connectivity index (χ1v) is 17.0. The number of carbonyl (C=O) groups is 1. The van der Waals surface area contributed by atoms with Crippen molar-refractivity contribution < 1.29 is 13.9 Å². The minimum absolute atomic E-state index is 0.01000. The maximum atomic E-state index is 14.8. The van der Waals surface area contributed by atoms with Crippen molar-refractivity contribution in [3.8, 4) is 39.5 Å². The molecule has 0 bridgehead atoms. The quantitative estimate of drug-likeness (QED) is 0.137. The highest BCUT2D eigenvalue weighted by Crippen LogP contribution is 2.34. The Morgan fingerprint density at radius 2 is 1.88 bits per heavy atom. The van der Waals surface area contributed by atoms with E-state index in [2.05, 4.69) is 40.7 Å². The Balaban J connectivity index is 1.05. The van der Waals surface area contributed by atoms with Crippen molar-refractivity contribution in [1.29, 1.82) is 0 Å². The van der Waals surface area contributed by atoms with Crippen LogP contribution < -0.4 is 15.4 Å². The molecule has 6 heterocycles. The van der Waals surface area contributed by atoms with Crippen molar-refractivity contribution in [3.05, 3.63) is 72.9 Å². The summed E-state index contributed by atoms with van der Waals surface area (Å²) in [5.74, 6) is 1.07. The number of hydrogen-bond donors (Lipinski definition) is 4. The van der Waals surface area contributed by atoms with Crippen molar-refractivity contribution in [1.82, 2.24) is 40.3 Å². The van der Waals surface area contributed by atoms with Crippen LogP contribution in [0.3, 0.4) is 0 Å². The van der Waals surface area contributed by atoms with Gasteiger partial charge in [-0.15, -0.1) is 0 Å². The maximum absolute atomic E-state index is 14.8. The van der Waals surface area contributed by atoms with Crippen LogP contribution in [-0.4, -0.2) is 80.3 Å². The summed E-state index contributed by atoms with van der Waals surface area (Å²) in [4.78, 5) is 32.2. The minimum Gasteiger partial charge on any atom is -0.492 e. The van der Waals surface area contributed by atoms with Crippen LogP contribution >= 0.6 is 0 Å². The van der Waals surface area contributed by atoms with E-state index >= 15 is 0 Å². The molecule has 8 rings (SSSR count). The zero-order chi connectivity index (χ0) is 33.2. The van der Waals surface area contributed by atoms with E-state index in [-0.39, 0.29) is 11.7 Å². The van der Waals surface area contributed by atoms with Gasteiger partial charge in [-0.2, -0.15) is 5.10 Å². The Morgan fingerprint density at radius 3 is 2.76 bits per heavy atom. The Labute approximate surface area is 282 Å². The molecule has 0 aliphatic carbocycles. The van der Waals surface area contributed by atoms with Crippen LogP contribution in [0.1, 0.15) is 32.1 Å². The first-order chi connectivity index (χ1) is 24.1. The number of rotatable bonds is 10. The van der Waals surface area contributed by atoms with Crippen LogP contribution in [0, 0.1) is 11.7 Å². The fourth-order valence-electron chi connectivity index (χ4n) is 6.96. The number of carbonyl (C=O) groups excluding carboxylic acids is 1. The van der Waals surface area contributed by atoms with Crippen LogP contribution in [0.25, 0.3) is 55.8 Å². The van der Waals surface area contributed by atoms with Crippen molar-refractivity contribution in [2.45, 2.75) is 32.1 Å². The maximum Gasteiger partial charge on any atom is 0.224 e. The number of benzene rings is 2. The number of imidazole rings is 1. The predicted octanol–water partition coefficient (Wildman–Crippen LogP) is 6.17. The molecular weight excluding hydrogens is 621 g/mol. The van der Waals surface area contributed by atoms with Crippen molar-refractivity contribution in [2.75, 3.05) is 44.6 Å². The van der Waals surface area contributed by atoms with Gasteiger partial charge in [0, 0.05) is 47.9 Å². The molecule has 4 N–H and O–H groups in total. The van der Waals surface area contributed by atoms with E-state index in [0.717, 1.165) is 73.2 Å². The number of anilines is 1. The van der Waals surface area contributed by atoms with E-state index < -0.39 is 0 Å². The van der Waals surface area contributed by atoms with Gasteiger partial charge in [0.2, 0.25) is 5.91 Å². The van der Waals surface area contributed by atoms with Gasteiger partial charge in [0.25, 0.3) is 0 Å². The molecular formula is C37H38FN9O2. The van der Waals surface area contributed by atoms with E-state index in [0.29, 0.717) is 58.6 Å².